The molecule has 0 unspecified atom stereocenters. The third-order valence-corrected chi connectivity index (χ3v) is 3.08. The molecular formula is C13H18F2N6O. The van der Waals surface area contributed by atoms with E-state index < -0.39 is 6.55 Å². The highest BCUT2D eigenvalue weighted by atomic mass is 19.3. The van der Waals surface area contributed by atoms with E-state index in [-0.39, 0.29) is 12.4 Å². The predicted octanol–water partition coefficient (Wildman–Crippen LogP) is 1.75. The molecule has 0 saturated carbocycles. The van der Waals surface area contributed by atoms with Gasteiger partial charge in [0, 0.05) is 19.4 Å². The van der Waals surface area contributed by atoms with Gasteiger partial charge in [0.25, 0.3) is 0 Å². The number of aromatic nitrogens is 3. The van der Waals surface area contributed by atoms with E-state index in [9.17, 15) is 8.78 Å². The van der Waals surface area contributed by atoms with Gasteiger partial charge in [-0.1, -0.05) is 0 Å². The number of aryl methyl sites for hydroxylation is 2. The van der Waals surface area contributed by atoms with Gasteiger partial charge in [0.1, 0.15) is 11.6 Å². The first-order valence-corrected chi connectivity index (χ1v) is 6.68. The predicted molar refractivity (Wildman–Crippen MR) is 76.5 cm³/mol. The number of rotatable bonds is 5. The van der Waals surface area contributed by atoms with Gasteiger partial charge in [-0.15, -0.1) is 0 Å². The lowest BCUT2D eigenvalue weighted by Crippen LogP contribution is -2.37. The van der Waals surface area contributed by atoms with Crippen molar-refractivity contribution in [1.82, 2.24) is 25.2 Å². The fraction of sp³-hybridized carbons (Fsp3) is 0.462. The SMILES string of the molecule is CN=C(NCc1nc(C)c(C)o1)NCc1nccn1C(F)F. The maximum Gasteiger partial charge on any atom is 0.319 e. The van der Waals surface area contributed by atoms with Crippen molar-refractivity contribution < 1.29 is 13.2 Å². The van der Waals surface area contributed by atoms with E-state index in [1.807, 2.05) is 13.8 Å². The first-order chi connectivity index (χ1) is 10.5. The number of guanidine groups is 1. The number of nitrogens with one attached hydrogen (secondary N) is 2. The van der Waals surface area contributed by atoms with Crippen LogP contribution in [0.4, 0.5) is 8.78 Å². The van der Waals surface area contributed by atoms with Crippen LogP contribution in [0.25, 0.3) is 0 Å². The summed E-state index contributed by atoms with van der Waals surface area (Å²) in [7, 11) is 1.58. The Labute approximate surface area is 126 Å². The number of nitrogens with zero attached hydrogens (tertiary/aromatic N) is 4. The smallest absolute Gasteiger partial charge is 0.319 e. The Bertz CT molecular complexity index is 629. The molecule has 2 aromatic rings. The minimum Gasteiger partial charge on any atom is -0.444 e. The van der Waals surface area contributed by atoms with Gasteiger partial charge < -0.3 is 15.1 Å². The average Bonchev–Trinajstić information content (AvgIpc) is 3.06. The molecule has 9 heteroatoms. The standard InChI is InChI=1S/C13H18F2N6O/c1-8-9(2)22-11(20-8)7-19-13(16-3)18-6-10-17-4-5-21(10)12(14)15/h4-5,12H,6-7H2,1-3H3,(H2,16,18,19). The molecule has 0 fully saturated rings. The largest absolute Gasteiger partial charge is 0.444 e. The van der Waals surface area contributed by atoms with Crippen molar-refractivity contribution in [2.75, 3.05) is 7.05 Å². The second-order valence-electron chi connectivity index (χ2n) is 4.56. The molecule has 2 aromatic heterocycles. The van der Waals surface area contributed by atoms with Crippen molar-refractivity contribution in [3.8, 4) is 0 Å². The molecule has 0 aliphatic rings. The lowest BCUT2D eigenvalue weighted by atomic mass is 10.4. The highest BCUT2D eigenvalue weighted by Gasteiger charge is 2.12. The molecule has 120 valence electrons. The van der Waals surface area contributed by atoms with Crippen LogP contribution in [0.3, 0.4) is 0 Å². The van der Waals surface area contributed by atoms with Crippen molar-refractivity contribution in [1.29, 1.82) is 0 Å². The number of hydrogen-bond acceptors (Lipinski definition) is 4. The molecule has 2 heterocycles. The first-order valence-electron chi connectivity index (χ1n) is 6.68. The fourth-order valence-electron chi connectivity index (χ4n) is 1.82. The van der Waals surface area contributed by atoms with Crippen LogP contribution in [0, 0.1) is 13.8 Å². The van der Waals surface area contributed by atoms with E-state index in [4.69, 9.17) is 4.42 Å². The highest BCUT2D eigenvalue weighted by Crippen LogP contribution is 2.12. The summed E-state index contributed by atoms with van der Waals surface area (Å²) >= 11 is 0. The summed E-state index contributed by atoms with van der Waals surface area (Å²) in [6, 6.07) is 0. The molecule has 0 aliphatic carbocycles. The van der Waals surface area contributed by atoms with Gasteiger partial charge in [-0.05, 0) is 13.8 Å². The number of oxazole rings is 1. The summed E-state index contributed by atoms with van der Waals surface area (Å²) in [5.41, 5.74) is 0.832. The third kappa shape index (κ3) is 3.80. The van der Waals surface area contributed by atoms with E-state index in [1.165, 1.54) is 12.4 Å². The zero-order valence-corrected chi connectivity index (χ0v) is 12.6. The maximum atomic E-state index is 12.7. The van der Waals surface area contributed by atoms with Gasteiger partial charge in [-0.2, -0.15) is 8.78 Å². The van der Waals surface area contributed by atoms with Crippen molar-refractivity contribution in [3.63, 3.8) is 0 Å². The van der Waals surface area contributed by atoms with E-state index in [0.29, 0.717) is 18.4 Å². The summed E-state index contributed by atoms with van der Waals surface area (Å²) < 4.78 is 31.6. The Morgan fingerprint density at radius 2 is 2.09 bits per heavy atom. The molecule has 2 N–H and O–H groups in total. The molecule has 2 rings (SSSR count). The minimum absolute atomic E-state index is 0.126. The van der Waals surface area contributed by atoms with Crippen LogP contribution in [0.2, 0.25) is 0 Å². The maximum absolute atomic E-state index is 12.7. The quantitative estimate of drug-likeness (QED) is 0.649. The van der Waals surface area contributed by atoms with Gasteiger partial charge >= 0.3 is 6.55 Å². The molecule has 0 saturated heterocycles. The van der Waals surface area contributed by atoms with Crippen LogP contribution >= 0.6 is 0 Å². The van der Waals surface area contributed by atoms with Gasteiger partial charge in [-0.3, -0.25) is 9.56 Å². The summed E-state index contributed by atoms with van der Waals surface area (Å²) in [6.45, 7) is 1.55. The molecule has 0 aromatic carbocycles. The van der Waals surface area contributed by atoms with Crippen LogP contribution < -0.4 is 10.6 Å². The Morgan fingerprint density at radius 3 is 2.68 bits per heavy atom. The van der Waals surface area contributed by atoms with Crippen molar-refractivity contribution in [3.05, 3.63) is 35.6 Å². The normalized spacial score (nSPS) is 12.0. The lowest BCUT2D eigenvalue weighted by Gasteiger charge is -2.11. The summed E-state index contributed by atoms with van der Waals surface area (Å²) in [5.74, 6) is 1.96. The third-order valence-electron chi connectivity index (χ3n) is 3.08. The van der Waals surface area contributed by atoms with Crippen molar-refractivity contribution in [2.24, 2.45) is 4.99 Å². The summed E-state index contributed by atoms with van der Waals surface area (Å²) in [5, 5.41) is 5.91. The van der Waals surface area contributed by atoms with Crippen LogP contribution in [-0.2, 0) is 13.1 Å². The topological polar surface area (TPSA) is 80.3 Å². The van der Waals surface area contributed by atoms with Gasteiger partial charge in [0.2, 0.25) is 5.89 Å². The van der Waals surface area contributed by atoms with E-state index in [1.54, 1.807) is 7.05 Å². The second-order valence-corrected chi connectivity index (χ2v) is 4.56. The molecule has 0 bridgehead atoms. The zero-order valence-electron chi connectivity index (χ0n) is 12.6. The first kappa shape index (κ1) is 15.9. The molecule has 7 nitrogen and oxygen atoms in total. The molecule has 0 atom stereocenters. The summed E-state index contributed by atoms with van der Waals surface area (Å²) in [6.07, 6.45) is 2.56. The van der Waals surface area contributed by atoms with Gasteiger partial charge in [0.05, 0.1) is 18.8 Å². The Balaban J connectivity index is 1.89. The van der Waals surface area contributed by atoms with Gasteiger partial charge in [0.15, 0.2) is 5.96 Å². The van der Waals surface area contributed by atoms with Crippen LogP contribution in [0.15, 0.2) is 21.8 Å². The molecule has 0 radical (unpaired) electrons. The van der Waals surface area contributed by atoms with Crippen molar-refractivity contribution >= 4 is 5.96 Å². The van der Waals surface area contributed by atoms with Crippen LogP contribution in [0.1, 0.15) is 29.7 Å². The van der Waals surface area contributed by atoms with Gasteiger partial charge in [-0.25, -0.2) is 9.97 Å². The Morgan fingerprint density at radius 1 is 1.36 bits per heavy atom. The number of aliphatic imine (C=N–C) groups is 1. The average molecular weight is 312 g/mol. The summed E-state index contributed by atoms with van der Waals surface area (Å²) in [4.78, 5) is 12.1. The molecule has 0 spiro atoms. The monoisotopic (exact) mass is 312 g/mol. The lowest BCUT2D eigenvalue weighted by molar-refractivity contribution is 0.0668. The number of halogens is 2. The number of alkyl halides is 2. The zero-order chi connectivity index (χ0) is 16.1. The highest BCUT2D eigenvalue weighted by molar-refractivity contribution is 5.79. The van der Waals surface area contributed by atoms with Crippen molar-refractivity contribution in [2.45, 2.75) is 33.5 Å². The molecular weight excluding hydrogens is 294 g/mol. The molecule has 0 aliphatic heterocycles. The minimum atomic E-state index is -2.62. The van der Waals surface area contributed by atoms with E-state index >= 15 is 0 Å². The Kier molecular flexibility index (Phi) is 5.08. The molecule has 22 heavy (non-hydrogen) atoms. The van der Waals surface area contributed by atoms with Crippen LogP contribution in [-0.4, -0.2) is 27.5 Å². The molecule has 0 amide bonds. The number of hydrogen-bond donors (Lipinski definition) is 2. The van der Waals surface area contributed by atoms with Crippen LogP contribution in [0.5, 0.6) is 0 Å². The fourth-order valence-corrected chi connectivity index (χ4v) is 1.82. The van der Waals surface area contributed by atoms with E-state index in [2.05, 4.69) is 25.6 Å². The number of imidazole rings is 1. The second kappa shape index (κ2) is 7.01. The Hall–Kier alpha value is -2.45. The van der Waals surface area contributed by atoms with E-state index in [0.717, 1.165) is 16.0 Å².